The summed E-state index contributed by atoms with van der Waals surface area (Å²) in [5, 5.41) is 8.59. The van der Waals surface area contributed by atoms with E-state index in [9.17, 15) is 8.42 Å². The van der Waals surface area contributed by atoms with Crippen molar-refractivity contribution < 1.29 is 13.5 Å². The molecule has 0 rings (SSSR count). The molecule has 0 spiro atoms. The van der Waals surface area contributed by atoms with E-state index < -0.39 is 10.0 Å². The van der Waals surface area contributed by atoms with E-state index in [1.54, 1.807) is 0 Å². The lowest BCUT2D eigenvalue weighted by Crippen LogP contribution is -2.29. The SMILES string of the molecule is CC(C)(C)CCS(=O)(=O)NCCCCCCO. The molecule has 0 aromatic heterocycles. The quantitative estimate of drug-likeness (QED) is 0.626. The molecule has 0 atom stereocenters. The lowest BCUT2D eigenvalue weighted by atomic mass is 9.94. The van der Waals surface area contributed by atoms with E-state index in [-0.39, 0.29) is 17.8 Å². The van der Waals surface area contributed by atoms with Crippen molar-refractivity contribution in [2.24, 2.45) is 5.41 Å². The summed E-state index contributed by atoms with van der Waals surface area (Å²) in [6.45, 7) is 6.85. The minimum absolute atomic E-state index is 0.0515. The number of hydrogen-bond acceptors (Lipinski definition) is 3. The van der Waals surface area contributed by atoms with Crippen LogP contribution in [0.3, 0.4) is 0 Å². The lowest BCUT2D eigenvalue weighted by molar-refractivity contribution is 0.282. The molecule has 0 bridgehead atoms. The van der Waals surface area contributed by atoms with E-state index in [1.807, 2.05) is 20.8 Å². The Hall–Kier alpha value is -0.130. The summed E-state index contributed by atoms with van der Waals surface area (Å²) < 4.78 is 25.8. The molecule has 104 valence electrons. The molecule has 0 aliphatic heterocycles. The number of aliphatic hydroxyl groups is 1. The maximum absolute atomic E-state index is 11.6. The second-order valence-corrected chi connectivity index (χ2v) is 7.59. The van der Waals surface area contributed by atoms with Crippen LogP contribution in [0.4, 0.5) is 0 Å². The van der Waals surface area contributed by atoms with E-state index in [1.165, 1.54) is 0 Å². The van der Waals surface area contributed by atoms with Gasteiger partial charge in [0.15, 0.2) is 0 Å². The molecule has 0 aromatic rings. The van der Waals surface area contributed by atoms with E-state index in [0.29, 0.717) is 13.0 Å². The van der Waals surface area contributed by atoms with Crippen LogP contribution in [0.5, 0.6) is 0 Å². The van der Waals surface area contributed by atoms with Crippen molar-refractivity contribution in [1.82, 2.24) is 4.72 Å². The van der Waals surface area contributed by atoms with Gasteiger partial charge >= 0.3 is 0 Å². The largest absolute Gasteiger partial charge is 0.396 e. The molecule has 5 heteroatoms. The highest BCUT2D eigenvalue weighted by molar-refractivity contribution is 7.89. The molecule has 17 heavy (non-hydrogen) atoms. The van der Waals surface area contributed by atoms with Gasteiger partial charge in [0, 0.05) is 13.2 Å². The van der Waals surface area contributed by atoms with Crippen LogP contribution >= 0.6 is 0 Å². The molecular formula is C12H27NO3S. The third kappa shape index (κ3) is 12.1. The Morgan fingerprint density at radius 1 is 1.06 bits per heavy atom. The predicted molar refractivity (Wildman–Crippen MR) is 71.4 cm³/mol. The van der Waals surface area contributed by atoms with Gasteiger partial charge in [0.05, 0.1) is 5.75 Å². The lowest BCUT2D eigenvalue weighted by Gasteiger charge is -2.17. The molecule has 0 aromatic carbocycles. The van der Waals surface area contributed by atoms with Crippen molar-refractivity contribution in [2.75, 3.05) is 18.9 Å². The van der Waals surface area contributed by atoms with Crippen LogP contribution < -0.4 is 4.72 Å². The fraction of sp³-hybridized carbons (Fsp3) is 1.00. The summed E-state index contributed by atoms with van der Waals surface area (Å²) in [5.74, 6) is 0.202. The first kappa shape index (κ1) is 16.9. The molecule has 0 saturated carbocycles. The first-order chi connectivity index (χ1) is 7.77. The number of nitrogens with one attached hydrogen (secondary N) is 1. The van der Waals surface area contributed by atoms with Gasteiger partial charge in [-0.15, -0.1) is 0 Å². The monoisotopic (exact) mass is 265 g/mol. The Labute approximate surface area is 106 Å². The number of hydrogen-bond donors (Lipinski definition) is 2. The maximum atomic E-state index is 11.6. The van der Waals surface area contributed by atoms with Crippen LogP contribution in [0.2, 0.25) is 0 Å². The standard InChI is InChI=1S/C12H27NO3S/c1-12(2,3)8-11-17(15,16)13-9-6-4-5-7-10-14/h13-14H,4-11H2,1-3H3. The minimum atomic E-state index is -3.11. The Bertz CT molecular complexity index is 281. The smallest absolute Gasteiger partial charge is 0.211 e. The summed E-state index contributed by atoms with van der Waals surface area (Å²) in [5.41, 5.74) is 0.0515. The topological polar surface area (TPSA) is 66.4 Å². The molecule has 0 aliphatic carbocycles. The molecule has 0 fully saturated rings. The molecule has 0 aliphatic rings. The molecule has 4 nitrogen and oxygen atoms in total. The van der Waals surface area contributed by atoms with Crippen molar-refractivity contribution in [3.8, 4) is 0 Å². The van der Waals surface area contributed by atoms with E-state index in [0.717, 1.165) is 25.7 Å². The molecule has 0 amide bonds. The van der Waals surface area contributed by atoms with Gasteiger partial charge in [-0.25, -0.2) is 13.1 Å². The maximum Gasteiger partial charge on any atom is 0.211 e. The van der Waals surface area contributed by atoms with Gasteiger partial charge < -0.3 is 5.11 Å². The zero-order valence-corrected chi connectivity index (χ0v) is 12.1. The number of unbranched alkanes of at least 4 members (excludes halogenated alkanes) is 3. The van der Waals surface area contributed by atoms with Crippen molar-refractivity contribution in [3.05, 3.63) is 0 Å². The van der Waals surface area contributed by atoms with Crippen molar-refractivity contribution >= 4 is 10.0 Å². The van der Waals surface area contributed by atoms with E-state index >= 15 is 0 Å². The summed E-state index contributed by atoms with van der Waals surface area (Å²) in [6, 6.07) is 0. The predicted octanol–water partition coefficient (Wildman–Crippen LogP) is 1.89. The summed E-state index contributed by atoms with van der Waals surface area (Å²) in [7, 11) is -3.11. The highest BCUT2D eigenvalue weighted by Crippen LogP contribution is 2.18. The summed E-state index contributed by atoms with van der Waals surface area (Å²) in [6.07, 6.45) is 4.24. The number of sulfonamides is 1. The van der Waals surface area contributed by atoms with Gasteiger partial charge in [-0.1, -0.05) is 33.6 Å². The molecule has 0 heterocycles. The van der Waals surface area contributed by atoms with Gasteiger partial charge in [0.1, 0.15) is 0 Å². The first-order valence-corrected chi connectivity index (χ1v) is 8.00. The fourth-order valence-corrected chi connectivity index (χ4v) is 2.81. The normalized spacial score (nSPS) is 12.9. The zero-order chi connectivity index (χ0) is 13.4. The van der Waals surface area contributed by atoms with Crippen LogP contribution in [-0.4, -0.2) is 32.4 Å². The number of aliphatic hydroxyl groups excluding tert-OH is 1. The minimum Gasteiger partial charge on any atom is -0.396 e. The third-order valence-corrected chi connectivity index (χ3v) is 3.91. The highest BCUT2D eigenvalue weighted by atomic mass is 32.2. The van der Waals surface area contributed by atoms with Crippen LogP contribution in [0.1, 0.15) is 52.9 Å². The van der Waals surface area contributed by atoms with Gasteiger partial charge in [0.25, 0.3) is 0 Å². The summed E-state index contributed by atoms with van der Waals surface area (Å²) in [4.78, 5) is 0. The average molecular weight is 265 g/mol. The first-order valence-electron chi connectivity index (χ1n) is 6.35. The van der Waals surface area contributed by atoms with Gasteiger partial charge in [0.2, 0.25) is 10.0 Å². The number of rotatable bonds is 9. The van der Waals surface area contributed by atoms with Gasteiger partial charge in [-0.2, -0.15) is 0 Å². The van der Waals surface area contributed by atoms with E-state index in [4.69, 9.17) is 5.11 Å². The zero-order valence-electron chi connectivity index (χ0n) is 11.3. The van der Waals surface area contributed by atoms with Crippen molar-refractivity contribution in [1.29, 1.82) is 0 Å². The Kier molecular flexibility index (Phi) is 8.00. The second kappa shape index (κ2) is 8.06. The molecular weight excluding hydrogens is 238 g/mol. The average Bonchev–Trinajstić information content (AvgIpc) is 2.20. The Balaban J connectivity index is 3.65. The Morgan fingerprint density at radius 2 is 1.65 bits per heavy atom. The molecule has 0 saturated heterocycles. The van der Waals surface area contributed by atoms with Crippen molar-refractivity contribution in [3.63, 3.8) is 0 Å². The molecule has 2 N–H and O–H groups in total. The van der Waals surface area contributed by atoms with E-state index in [2.05, 4.69) is 4.72 Å². The van der Waals surface area contributed by atoms with Crippen molar-refractivity contribution in [2.45, 2.75) is 52.9 Å². The van der Waals surface area contributed by atoms with Crippen LogP contribution in [-0.2, 0) is 10.0 Å². The fourth-order valence-electron chi connectivity index (χ4n) is 1.33. The van der Waals surface area contributed by atoms with Crippen LogP contribution in [0.25, 0.3) is 0 Å². The highest BCUT2D eigenvalue weighted by Gasteiger charge is 2.16. The molecule has 0 radical (unpaired) electrons. The second-order valence-electron chi connectivity index (χ2n) is 5.66. The molecule has 0 unspecified atom stereocenters. The van der Waals surface area contributed by atoms with Crippen LogP contribution in [0.15, 0.2) is 0 Å². The van der Waals surface area contributed by atoms with Crippen LogP contribution in [0, 0.1) is 5.41 Å². The Morgan fingerprint density at radius 3 is 2.18 bits per heavy atom. The summed E-state index contributed by atoms with van der Waals surface area (Å²) >= 11 is 0. The van der Waals surface area contributed by atoms with Gasteiger partial charge in [-0.3, -0.25) is 0 Å². The van der Waals surface area contributed by atoms with Gasteiger partial charge in [-0.05, 0) is 24.7 Å². The third-order valence-electron chi connectivity index (χ3n) is 2.53.